The van der Waals surface area contributed by atoms with Crippen molar-refractivity contribution in [2.45, 2.75) is 32.4 Å². The van der Waals surface area contributed by atoms with Gasteiger partial charge in [-0.3, -0.25) is 0 Å². The molecule has 0 aliphatic carbocycles. The van der Waals surface area contributed by atoms with E-state index in [1.54, 1.807) is 0 Å². The summed E-state index contributed by atoms with van der Waals surface area (Å²) < 4.78 is 14.5. The van der Waals surface area contributed by atoms with Crippen molar-refractivity contribution in [1.82, 2.24) is 9.55 Å². The molecule has 0 unspecified atom stereocenters. The van der Waals surface area contributed by atoms with Gasteiger partial charge >= 0.3 is 0 Å². The van der Waals surface area contributed by atoms with E-state index >= 15 is 0 Å². The van der Waals surface area contributed by atoms with Crippen LogP contribution in [0.25, 0.3) is 21.8 Å². The molecule has 0 amide bonds. The van der Waals surface area contributed by atoms with Crippen LogP contribution in [-0.4, -0.2) is 16.2 Å². The lowest BCUT2D eigenvalue weighted by molar-refractivity contribution is 0.285. The van der Waals surface area contributed by atoms with E-state index in [4.69, 9.17) is 14.5 Å². The number of rotatable bonds is 11. The molecular weight excluding hydrogens is 432 g/mol. The molecule has 1 heterocycles. The van der Waals surface area contributed by atoms with E-state index in [1.807, 2.05) is 42.5 Å². The Labute approximate surface area is 206 Å². The van der Waals surface area contributed by atoms with Crippen molar-refractivity contribution in [3.05, 3.63) is 115 Å². The molecule has 0 N–H and O–H groups in total. The molecule has 0 saturated heterocycles. The quantitative estimate of drug-likeness (QED) is 0.152. The van der Waals surface area contributed by atoms with E-state index in [0.29, 0.717) is 13.2 Å². The molecule has 0 atom stereocenters. The molecule has 0 aliphatic rings. The summed E-state index contributed by atoms with van der Waals surface area (Å²) in [5.74, 6) is 2.75. The molecule has 0 aliphatic heterocycles. The van der Waals surface area contributed by atoms with Crippen LogP contribution in [0.1, 0.15) is 24.2 Å². The van der Waals surface area contributed by atoms with E-state index in [1.165, 1.54) is 16.3 Å². The SMILES string of the molecule is C=CCc1ccccc1OCCCCn1c(COc2ccc3ccccc3c2)nc2ccccc21. The van der Waals surface area contributed by atoms with Gasteiger partial charge in [-0.25, -0.2) is 4.98 Å². The molecule has 0 radical (unpaired) electrons. The normalized spacial score (nSPS) is 11.1. The van der Waals surface area contributed by atoms with Crippen molar-refractivity contribution in [3.63, 3.8) is 0 Å². The second-order valence-corrected chi connectivity index (χ2v) is 8.62. The lowest BCUT2D eigenvalue weighted by Gasteiger charge is -2.12. The Morgan fingerprint density at radius 1 is 0.800 bits per heavy atom. The average molecular weight is 463 g/mol. The number of benzene rings is 4. The lowest BCUT2D eigenvalue weighted by Crippen LogP contribution is -2.09. The number of fused-ring (bicyclic) bond motifs is 2. The maximum Gasteiger partial charge on any atom is 0.147 e. The predicted molar refractivity (Wildman–Crippen MR) is 143 cm³/mol. The maximum atomic E-state index is 6.18. The smallest absolute Gasteiger partial charge is 0.147 e. The van der Waals surface area contributed by atoms with Gasteiger partial charge < -0.3 is 14.0 Å². The summed E-state index contributed by atoms with van der Waals surface area (Å²) in [6.45, 7) is 5.82. The first kappa shape index (κ1) is 22.7. The highest BCUT2D eigenvalue weighted by Gasteiger charge is 2.11. The Hall–Kier alpha value is -4.05. The first-order valence-corrected chi connectivity index (χ1v) is 12.2. The molecule has 0 saturated carbocycles. The van der Waals surface area contributed by atoms with Gasteiger partial charge in [0, 0.05) is 6.54 Å². The Kier molecular flexibility index (Phi) is 7.09. The highest BCUT2D eigenvalue weighted by Crippen LogP contribution is 2.23. The van der Waals surface area contributed by atoms with Crippen LogP contribution in [0.3, 0.4) is 0 Å². The van der Waals surface area contributed by atoms with E-state index in [0.717, 1.165) is 54.2 Å². The number of hydrogen-bond donors (Lipinski definition) is 0. The molecule has 1 aromatic heterocycles. The van der Waals surface area contributed by atoms with E-state index in [9.17, 15) is 0 Å². The molecule has 4 heteroatoms. The Bertz CT molecular complexity index is 1440. The molecule has 0 fully saturated rings. The van der Waals surface area contributed by atoms with Crippen LogP contribution in [-0.2, 0) is 19.6 Å². The fourth-order valence-corrected chi connectivity index (χ4v) is 4.41. The van der Waals surface area contributed by atoms with E-state index in [2.05, 4.69) is 65.7 Å². The Morgan fingerprint density at radius 2 is 1.60 bits per heavy atom. The van der Waals surface area contributed by atoms with Crippen LogP contribution < -0.4 is 9.47 Å². The fraction of sp³-hybridized carbons (Fsp3) is 0.194. The standard InChI is InChI=1S/C31H30N2O2/c1-2-11-25-13-5-8-17-30(25)34-21-10-9-20-33-29-16-7-6-15-28(29)32-31(33)23-35-27-19-18-24-12-3-4-14-26(24)22-27/h2-8,12-19,22H,1,9-11,20-21,23H2. The molecule has 4 aromatic carbocycles. The minimum Gasteiger partial charge on any atom is -0.493 e. The number of aryl methyl sites for hydroxylation is 1. The zero-order chi connectivity index (χ0) is 23.9. The van der Waals surface area contributed by atoms with Crippen molar-refractivity contribution in [1.29, 1.82) is 0 Å². The van der Waals surface area contributed by atoms with Crippen molar-refractivity contribution < 1.29 is 9.47 Å². The largest absolute Gasteiger partial charge is 0.493 e. The van der Waals surface area contributed by atoms with Crippen LogP contribution >= 0.6 is 0 Å². The van der Waals surface area contributed by atoms with Crippen LogP contribution in [0.4, 0.5) is 0 Å². The summed E-state index contributed by atoms with van der Waals surface area (Å²) in [7, 11) is 0. The number of aromatic nitrogens is 2. The van der Waals surface area contributed by atoms with Crippen LogP contribution in [0.2, 0.25) is 0 Å². The molecule has 4 nitrogen and oxygen atoms in total. The zero-order valence-corrected chi connectivity index (χ0v) is 19.9. The number of allylic oxidation sites excluding steroid dienone is 1. The molecule has 5 rings (SSSR count). The summed E-state index contributed by atoms with van der Waals surface area (Å²) in [6.07, 6.45) is 4.68. The summed E-state index contributed by atoms with van der Waals surface area (Å²) in [5.41, 5.74) is 3.32. The maximum absolute atomic E-state index is 6.18. The minimum absolute atomic E-state index is 0.429. The highest BCUT2D eigenvalue weighted by atomic mass is 16.5. The third-order valence-electron chi connectivity index (χ3n) is 6.19. The molecule has 0 spiro atoms. The Balaban J connectivity index is 1.23. The average Bonchev–Trinajstić information content (AvgIpc) is 3.25. The first-order valence-electron chi connectivity index (χ1n) is 12.2. The fourth-order valence-electron chi connectivity index (χ4n) is 4.41. The monoisotopic (exact) mass is 462 g/mol. The zero-order valence-electron chi connectivity index (χ0n) is 19.9. The van der Waals surface area contributed by atoms with E-state index in [-0.39, 0.29) is 0 Å². The number of ether oxygens (including phenoxy) is 2. The van der Waals surface area contributed by atoms with Gasteiger partial charge in [0.25, 0.3) is 0 Å². The van der Waals surface area contributed by atoms with Gasteiger partial charge in [0.1, 0.15) is 23.9 Å². The van der Waals surface area contributed by atoms with Gasteiger partial charge in [0.15, 0.2) is 0 Å². The summed E-state index contributed by atoms with van der Waals surface area (Å²) in [4.78, 5) is 4.87. The van der Waals surface area contributed by atoms with Gasteiger partial charge in [0.05, 0.1) is 17.6 Å². The van der Waals surface area contributed by atoms with Gasteiger partial charge in [-0.2, -0.15) is 0 Å². The molecule has 35 heavy (non-hydrogen) atoms. The summed E-state index contributed by atoms with van der Waals surface area (Å²) in [5, 5.41) is 2.38. The second-order valence-electron chi connectivity index (χ2n) is 8.62. The minimum atomic E-state index is 0.429. The third kappa shape index (κ3) is 5.38. The van der Waals surface area contributed by atoms with Crippen molar-refractivity contribution in [2.24, 2.45) is 0 Å². The number of imidazole rings is 1. The van der Waals surface area contributed by atoms with Gasteiger partial charge in [0.2, 0.25) is 0 Å². The Morgan fingerprint density at radius 3 is 2.51 bits per heavy atom. The number of nitrogens with zero attached hydrogens (tertiary/aromatic N) is 2. The van der Waals surface area contributed by atoms with Crippen LogP contribution in [0.5, 0.6) is 11.5 Å². The second kappa shape index (κ2) is 10.9. The molecule has 5 aromatic rings. The molecule has 0 bridgehead atoms. The van der Waals surface area contributed by atoms with Gasteiger partial charge in [-0.15, -0.1) is 6.58 Å². The molecular formula is C31H30N2O2. The lowest BCUT2D eigenvalue weighted by atomic mass is 10.1. The van der Waals surface area contributed by atoms with Crippen molar-refractivity contribution in [2.75, 3.05) is 6.61 Å². The highest BCUT2D eigenvalue weighted by molar-refractivity contribution is 5.83. The van der Waals surface area contributed by atoms with E-state index < -0.39 is 0 Å². The predicted octanol–water partition coefficient (Wildman–Crippen LogP) is 7.36. The summed E-state index contributed by atoms with van der Waals surface area (Å²) in [6, 6.07) is 31.0. The summed E-state index contributed by atoms with van der Waals surface area (Å²) >= 11 is 0. The number of hydrogen-bond acceptors (Lipinski definition) is 3. The first-order chi connectivity index (χ1) is 17.3. The van der Waals surface area contributed by atoms with Crippen molar-refractivity contribution in [3.8, 4) is 11.5 Å². The number of para-hydroxylation sites is 3. The topological polar surface area (TPSA) is 36.3 Å². The third-order valence-corrected chi connectivity index (χ3v) is 6.19. The number of unbranched alkanes of at least 4 members (excludes halogenated alkanes) is 1. The van der Waals surface area contributed by atoms with Crippen LogP contribution in [0.15, 0.2) is 104 Å². The van der Waals surface area contributed by atoms with Crippen molar-refractivity contribution >= 4 is 21.8 Å². The van der Waals surface area contributed by atoms with Gasteiger partial charge in [-0.05, 0) is 65.9 Å². The van der Waals surface area contributed by atoms with Gasteiger partial charge in [-0.1, -0.05) is 66.7 Å². The molecule has 176 valence electrons. The van der Waals surface area contributed by atoms with Crippen LogP contribution in [0, 0.1) is 0 Å².